The van der Waals surface area contributed by atoms with Gasteiger partial charge in [-0.25, -0.2) is 5.43 Å². The van der Waals surface area contributed by atoms with Crippen LogP contribution in [0.15, 0.2) is 40.4 Å². The summed E-state index contributed by atoms with van der Waals surface area (Å²) in [6.45, 7) is 3.73. The van der Waals surface area contributed by atoms with Crippen molar-refractivity contribution in [2.75, 3.05) is 14.2 Å². The minimum atomic E-state index is -0.590. The van der Waals surface area contributed by atoms with Crippen LogP contribution in [0, 0.1) is 0 Å². The van der Waals surface area contributed by atoms with Gasteiger partial charge in [0.05, 0.1) is 25.5 Å². The number of hydrogen-bond donors (Lipinski definition) is 1. The number of halogens is 1. The van der Waals surface area contributed by atoms with Crippen molar-refractivity contribution in [3.63, 3.8) is 0 Å². The van der Waals surface area contributed by atoms with Crippen LogP contribution in [-0.2, 0) is 0 Å². The number of carbonyl (C=O) groups is 1. The van der Waals surface area contributed by atoms with Crippen molar-refractivity contribution in [1.29, 1.82) is 0 Å². The minimum absolute atomic E-state index is 0.0173. The first-order valence-corrected chi connectivity index (χ1v) is 8.23. The first kappa shape index (κ1) is 19.5. The number of carbonyl (C=O) groups excluding carboxylic acids is 1. The first-order chi connectivity index (χ1) is 12.4. The molecule has 1 aromatic heterocycles. The van der Waals surface area contributed by atoms with Gasteiger partial charge in [0.2, 0.25) is 0 Å². The molecule has 2 rings (SSSR count). The van der Waals surface area contributed by atoms with E-state index in [1.807, 2.05) is 13.8 Å². The van der Waals surface area contributed by atoms with Crippen LogP contribution in [0.5, 0.6) is 11.5 Å². The Kier molecular flexibility index (Phi) is 6.41. The summed E-state index contributed by atoms with van der Waals surface area (Å²) in [5.74, 6) is 0.261. The van der Waals surface area contributed by atoms with Crippen LogP contribution < -0.4 is 20.5 Å². The molecule has 138 valence electrons. The van der Waals surface area contributed by atoms with Crippen LogP contribution in [0.3, 0.4) is 0 Å². The molecule has 0 spiro atoms. The SMILES string of the molecule is COc1cc(/C=N\NC(=O)c2cccn(C(C)C)c2=O)cc(Cl)c1OC. The highest BCUT2D eigenvalue weighted by Crippen LogP contribution is 2.35. The minimum Gasteiger partial charge on any atom is -0.493 e. The molecule has 7 nitrogen and oxygen atoms in total. The molecule has 1 aromatic carbocycles. The van der Waals surface area contributed by atoms with Gasteiger partial charge in [-0.1, -0.05) is 11.6 Å². The number of hydrazone groups is 1. The van der Waals surface area contributed by atoms with Gasteiger partial charge >= 0.3 is 0 Å². The highest BCUT2D eigenvalue weighted by molar-refractivity contribution is 6.32. The Morgan fingerprint density at radius 1 is 1.31 bits per heavy atom. The molecule has 1 N–H and O–H groups in total. The Morgan fingerprint density at radius 3 is 2.65 bits per heavy atom. The van der Waals surface area contributed by atoms with Gasteiger partial charge in [0.25, 0.3) is 11.5 Å². The zero-order valence-electron chi connectivity index (χ0n) is 14.9. The monoisotopic (exact) mass is 377 g/mol. The van der Waals surface area contributed by atoms with E-state index in [0.717, 1.165) is 0 Å². The molecule has 0 atom stereocenters. The number of ether oxygens (including phenoxy) is 2. The summed E-state index contributed by atoms with van der Waals surface area (Å²) >= 11 is 6.12. The lowest BCUT2D eigenvalue weighted by Gasteiger charge is -2.10. The molecule has 2 aromatic rings. The van der Waals surface area contributed by atoms with E-state index in [0.29, 0.717) is 22.1 Å². The number of methoxy groups -OCH3 is 2. The van der Waals surface area contributed by atoms with Gasteiger partial charge in [0.1, 0.15) is 5.56 Å². The molecule has 1 amide bonds. The quantitative estimate of drug-likeness (QED) is 0.620. The molecule has 8 heteroatoms. The Bertz CT molecular complexity index is 890. The van der Waals surface area contributed by atoms with Gasteiger partial charge in [-0.15, -0.1) is 0 Å². The first-order valence-electron chi connectivity index (χ1n) is 7.85. The number of nitrogens with one attached hydrogen (secondary N) is 1. The molecule has 0 saturated heterocycles. The van der Waals surface area contributed by atoms with E-state index in [2.05, 4.69) is 10.5 Å². The van der Waals surface area contributed by atoms with Crippen LogP contribution in [0.4, 0.5) is 0 Å². The number of nitrogens with zero attached hydrogens (tertiary/aromatic N) is 2. The van der Waals surface area contributed by atoms with Crippen molar-refractivity contribution in [1.82, 2.24) is 9.99 Å². The summed E-state index contributed by atoms with van der Waals surface area (Å²) < 4.78 is 11.8. The van der Waals surface area contributed by atoms with Crippen molar-refractivity contribution < 1.29 is 14.3 Å². The van der Waals surface area contributed by atoms with E-state index in [4.69, 9.17) is 21.1 Å². The highest BCUT2D eigenvalue weighted by atomic mass is 35.5. The van der Waals surface area contributed by atoms with E-state index >= 15 is 0 Å². The lowest BCUT2D eigenvalue weighted by molar-refractivity contribution is 0.0953. The summed E-state index contributed by atoms with van der Waals surface area (Å²) in [5.41, 5.74) is 2.59. The molecule has 0 aliphatic rings. The van der Waals surface area contributed by atoms with Crippen molar-refractivity contribution in [3.05, 3.63) is 57.0 Å². The summed E-state index contributed by atoms with van der Waals surface area (Å²) in [7, 11) is 2.98. The third-order valence-corrected chi connectivity index (χ3v) is 3.89. The van der Waals surface area contributed by atoms with Gasteiger partial charge in [0.15, 0.2) is 11.5 Å². The molecular formula is C18H20ClN3O4. The van der Waals surface area contributed by atoms with Gasteiger partial charge in [-0.2, -0.15) is 5.10 Å². The molecule has 0 aliphatic heterocycles. The normalized spacial score (nSPS) is 11.0. The van der Waals surface area contributed by atoms with Gasteiger partial charge in [0, 0.05) is 12.2 Å². The van der Waals surface area contributed by atoms with Crippen molar-refractivity contribution in [2.24, 2.45) is 5.10 Å². The predicted molar refractivity (Wildman–Crippen MR) is 101 cm³/mol. The van der Waals surface area contributed by atoms with E-state index in [9.17, 15) is 9.59 Å². The Labute approximate surface area is 156 Å². The zero-order valence-corrected chi connectivity index (χ0v) is 15.7. The molecule has 0 fully saturated rings. The molecule has 0 bridgehead atoms. The second-order valence-electron chi connectivity index (χ2n) is 5.67. The smallest absolute Gasteiger partial charge is 0.276 e. The van der Waals surface area contributed by atoms with E-state index < -0.39 is 5.91 Å². The average molecular weight is 378 g/mol. The van der Waals surface area contributed by atoms with E-state index in [-0.39, 0.29) is 17.2 Å². The zero-order chi connectivity index (χ0) is 19.3. The second-order valence-corrected chi connectivity index (χ2v) is 6.07. The Balaban J connectivity index is 2.19. The summed E-state index contributed by atoms with van der Waals surface area (Å²) in [6.07, 6.45) is 3.04. The number of amides is 1. The van der Waals surface area contributed by atoms with E-state index in [1.54, 1.807) is 24.4 Å². The summed E-state index contributed by atoms with van der Waals surface area (Å²) in [5, 5.41) is 4.23. The fraction of sp³-hybridized carbons (Fsp3) is 0.278. The summed E-state index contributed by atoms with van der Waals surface area (Å²) in [6, 6.07) is 6.34. The lowest BCUT2D eigenvalue weighted by atomic mass is 10.2. The van der Waals surface area contributed by atoms with Gasteiger partial charge in [-0.05, 0) is 43.7 Å². The Hall–Kier alpha value is -2.80. The van der Waals surface area contributed by atoms with Crippen LogP contribution in [-0.4, -0.2) is 30.9 Å². The fourth-order valence-corrected chi connectivity index (χ4v) is 2.62. The van der Waals surface area contributed by atoms with Crippen LogP contribution in [0.25, 0.3) is 0 Å². The van der Waals surface area contributed by atoms with Crippen LogP contribution in [0.2, 0.25) is 5.02 Å². The fourth-order valence-electron chi connectivity index (χ4n) is 2.33. The number of aromatic nitrogens is 1. The second kappa shape index (κ2) is 8.53. The predicted octanol–water partition coefficient (Wildman–Crippen LogP) is 2.86. The van der Waals surface area contributed by atoms with Crippen LogP contribution >= 0.6 is 11.6 Å². The Morgan fingerprint density at radius 2 is 2.04 bits per heavy atom. The molecule has 26 heavy (non-hydrogen) atoms. The molecular weight excluding hydrogens is 358 g/mol. The van der Waals surface area contributed by atoms with Crippen molar-refractivity contribution >= 4 is 23.7 Å². The number of hydrogen-bond acceptors (Lipinski definition) is 5. The third kappa shape index (κ3) is 4.23. The highest BCUT2D eigenvalue weighted by Gasteiger charge is 2.13. The lowest BCUT2D eigenvalue weighted by Crippen LogP contribution is -2.31. The standard InChI is InChI=1S/C18H20ClN3O4/c1-11(2)22-7-5-6-13(18(22)24)17(23)21-20-10-12-8-14(19)16(26-4)15(9-12)25-3/h5-11H,1-4H3,(H,21,23)/b20-10-. The molecule has 0 saturated carbocycles. The molecule has 0 unspecified atom stereocenters. The molecule has 0 aliphatic carbocycles. The number of pyridine rings is 1. The van der Waals surface area contributed by atoms with Crippen molar-refractivity contribution in [2.45, 2.75) is 19.9 Å². The maximum Gasteiger partial charge on any atom is 0.276 e. The van der Waals surface area contributed by atoms with Crippen molar-refractivity contribution in [3.8, 4) is 11.5 Å². The largest absolute Gasteiger partial charge is 0.493 e. The third-order valence-electron chi connectivity index (χ3n) is 3.61. The topological polar surface area (TPSA) is 81.9 Å². The maximum absolute atomic E-state index is 12.3. The van der Waals surface area contributed by atoms with Gasteiger partial charge in [-0.3, -0.25) is 9.59 Å². The van der Waals surface area contributed by atoms with E-state index in [1.165, 1.54) is 31.1 Å². The number of rotatable bonds is 6. The van der Waals surface area contributed by atoms with Gasteiger partial charge < -0.3 is 14.0 Å². The average Bonchev–Trinajstić information content (AvgIpc) is 2.60. The van der Waals surface area contributed by atoms with Crippen LogP contribution in [0.1, 0.15) is 35.8 Å². The number of benzene rings is 1. The molecule has 0 radical (unpaired) electrons. The molecule has 1 heterocycles. The summed E-state index contributed by atoms with van der Waals surface area (Å²) in [4.78, 5) is 24.5. The maximum atomic E-state index is 12.3.